The summed E-state index contributed by atoms with van der Waals surface area (Å²) in [5, 5.41) is 14.4. The first-order valence-corrected chi connectivity index (χ1v) is 16.3. The number of hydrogen-bond donors (Lipinski definition) is 7. The lowest BCUT2D eigenvalue weighted by Crippen LogP contribution is -2.54. The minimum Gasteiger partial charge on any atom is -0.379 e. The fraction of sp³-hybridized carbons (Fsp3) is 0.867. The zero-order valence-corrected chi connectivity index (χ0v) is 28.7. The number of carbonyl (C=O) groups is 4. The van der Waals surface area contributed by atoms with Crippen molar-refractivity contribution < 1.29 is 38.1 Å². The van der Waals surface area contributed by atoms with E-state index < -0.39 is 29.9 Å². The molecule has 0 saturated heterocycles. The molecule has 5 amide bonds. The molecule has 0 aliphatic carbocycles. The van der Waals surface area contributed by atoms with Crippen molar-refractivity contribution in [1.29, 1.82) is 0 Å². The van der Waals surface area contributed by atoms with E-state index >= 15 is 0 Å². The Morgan fingerprint density at radius 1 is 0.739 bits per heavy atom. The van der Waals surface area contributed by atoms with Gasteiger partial charge in [-0.05, 0) is 65.7 Å². The Morgan fingerprint density at radius 3 is 1.85 bits per heavy atom. The molecule has 0 aliphatic heterocycles. The molecule has 0 bridgehead atoms. The number of amides is 5. The summed E-state index contributed by atoms with van der Waals surface area (Å²) in [4.78, 5) is 49.9. The van der Waals surface area contributed by atoms with Crippen LogP contribution in [-0.4, -0.2) is 141 Å². The van der Waals surface area contributed by atoms with Crippen LogP contribution >= 0.6 is 0 Å². The highest BCUT2D eigenvalue weighted by molar-refractivity contribution is 5.91. The monoisotopic (exact) mass is 662 g/mol. The van der Waals surface area contributed by atoms with Crippen LogP contribution in [-0.2, 0) is 33.3 Å². The SMILES string of the molecule is CNC(CCCCN(C)C)NCCOCCOCCOCCOCCC(=O)NC(C(=O)NC(CCCNC(N)=O)C(N)=O)C(C)C. The van der Waals surface area contributed by atoms with E-state index in [0.717, 1.165) is 19.5 Å². The van der Waals surface area contributed by atoms with E-state index in [-0.39, 0.29) is 44.0 Å². The van der Waals surface area contributed by atoms with E-state index in [4.69, 9.17) is 30.4 Å². The van der Waals surface area contributed by atoms with Gasteiger partial charge in [-0.25, -0.2) is 4.79 Å². The van der Waals surface area contributed by atoms with Gasteiger partial charge in [0.2, 0.25) is 17.7 Å². The van der Waals surface area contributed by atoms with Crippen molar-refractivity contribution in [2.75, 3.05) is 93.6 Å². The van der Waals surface area contributed by atoms with Crippen LogP contribution in [0.3, 0.4) is 0 Å². The van der Waals surface area contributed by atoms with Crippen molar-refractivity contribution in [1.82, 2.24) is 31.5 Å². The number of unbranched alkanes of at least 4 members (excludes halogenated alkanes) is 1. The second kappa shape index (κ2) is 28.6. The molecule has 3 atom stereocenters. The third kappa shape index (κ3) is 25.6. The zero-order chi connectivity index (χ0) is 34.6. The highest BCUT2D eigenvalue weighted by atomic mass is 16.6. The molecule has 270 valence electrons. The van der Waals surface area contributed by atoms with Crippen molar-refractivity contribution in [3.8, 4) is 0 Å². The summed E-state index contributed by atoms with van der Waals surface area (Å²) in [5.41, 5.74) is 10.4. The molecule has 9 N–H and O–H groups in total. The molecule has 3 unspecified atom stereocenters. The molecule has 0 saturated carbocycles. The van der Waals surface area contributed by atoms with Crippen LogP contribution in [0.1, 0.15) is 52.4 Å². The van der Waals surface area contributed by atoms with Gasteiger partial charge in [-0.15, -0.1) is 0 Å². The number of nitrogens with one attached hydrogen (secondary N) is 5. The molecule has 0 radical (unpaired) electrons. The highest BCUT2D eigenvalue weighted by Crippen LogP contribution is 2.05. The minimum atomic E-state index is -0.945. The lowest BCUT2D eigenvalue weighted by atomic mass is 10.0. The molecule has 0 aromatic carbocycles. The molecule has 0 aromatic rings. The van der Waals surface area contributed by atoms with Crippen molar-refractivity contribution in [3.63, 3.8) is 0 Å². The van der Waals surface area contributed by atoms with Crippen LogP contribution in [0.2, 0.25) is 0 Å². The number of rotatable bonds is 31. The predicted molar refractivity (Wildman–Crippen MR) is 176 cm³/mol. The van der Waals surface area contributed by atoms with Crippen LogP contribution in [0, 0.1) is 5.92 Å². The Morgan fingerprint density at radius 2 is 1.33 bits per heavy atom. The molecule has 0 aromatic heterocycles. The summed E-state index contributed by atoms with van der Waals surface area (Å²) < 4.78 is 22.1. The number of nitrogens with zero attached hydrogens (tertiary/aromatic N) is 1. The number of nitrogens with two attached hydrogens (primary N) is 2. The van der Waals surface area contributed by atoms with Gasteiger partial charge in [0.1, 0.15) is 12.1 Å². The van der Waals surface area contributed by atoms with Gasteiger partial charge in [0.05, 0.1) is 59.0 Å². The van der Waals surface area contributed by atoms with Gasteiger partial charge >= 0.3 is 6.03 Å². The number of ether oxygens (including phenoxy) is 4. The molecule has 16 nitrogen and oxygen atoms in total. The molecular formula is C30H62N8O8. The lowest BCUT2D eigenvalue weighted by molar-refractivity contribution is -0.132. The maximum absolute atomic E-state index is 12.8. The summed E-state index contributed by atoms with van der Waals surface area (Å²) in [5.74, 6) is -1.83. The summed E-state index contributed by atoms with van der Waals surface area (Å²) >= 11 is 0. The molecule has 16 heteroatoms. The van der Waals surface area contributed by atoms with Gasteiger partial charge in [0.15, 0.2) is 0 Å². The van der Waals surface area contributed by atoms with Crippen LogP contribution in [0.15, 0.2) is 0 Å². The topological polar surface area (TPSA) is 221 Å². The quantitative estimate of drug-likeness (QED) is 0.0348. The third-order valence-corrected chi connectivity index (χ3v) is 6.82. The summed E-state index contributed by atoms with van der Waals surface area (Å²) in [6, 6.07) is -2.48. The van der Waals surface area contributed by atoms with Crippen molar-refractivity contribution >= 4 is 23.8 Å². The third-order valence-electron chi connectivity index (χ3n) is 6.82. The highest BCUT2D eigenvalue weighted by Gasteiger charge is 2.27. The fourth-order valence-corrected chi connectivity index (χ4v) is 4.20. The Balaban J connectivity index is 3.88. The molecule has 0 aliphatic rings. The Kier molecular flexibility index (Phi) is 27.0. The van der Waals surface area contributed by atoms with Crippen LogP contribution < -0.4 is 38.1 Å². The number of urea groups is 1. The standard InChI is InChI=1S/C30H62N8O8/c1-23(2)27(29(41)36-24(28(31)40)9-8-12-35-30(32)42)37-26(39)11-15-43-17-19-45-21-22-46-20-18-44-16-13-34-25(33-3)10-6-7-14-38(4)5/h23-25,27,33-34H,6-22H2,1-5H3,(H2,31,40)(H,36,41)(H,37,39)(H3,32,35,42). The van der Waals surface area contributed by atoms with Gasteiger partial charge < -0.3 is 56.6 Å². The van der Waals surface area contributed by atoms with E-state index in [9.17, 15) is 19.2 Å². The largest absolute Gasteiger partial charge is 0.379 e. The van der Waals surface area contributed by atoms with E-state index in [1.807, 2.05) is 7.05 Å². The fourth-order valence-electron chi connectivity index (χ4n) is 4.20. The maximum atomic E-state index is 12.8. The normalized spacial score (nSPS) is 13.4. The minimum absolute atomic E-state index is 0.0551. The van der Waals surface area contributed by atoms with Crippen LogP contribution in [0.4, 0.5) is 4.79 Å². The van der Waals surface area contributed by atoms with E-state index in [1.165, 1.54) is 12.8 Å². The van der Waals surface area contributed by atoms with Gasteiger partial charge in [0.25, 0.3) is 0 Å². The smallest absolute Gasteiger partial charge is 0.312 e. The number of primary amides is 2. The van der Waals surface area contributed by atoms with Gasteiger partial charge in [-0.2, -0.15) is 0 Å². The molecule has 0 heterocycles. The van der Waals surface area contributed by atoms with Crippen LogP contribution in [0.25, 0.3) is 0 Å². The lowest BCUT2D eigenvalue weighted by Gasteiger charge is -2.24. The zero-order valence-electron chi connectivity index (χ0n) is 28.7. The van der Waals surface area contributed by atoms with E-state index in [1.54, 1.807) is 13.8 Å². The Labute approximate surface area is 275 Å². The molecule has 0 fully saturated rings. The number of hydrogen-bond acceptors (Lipinski definition) is 11. The first kappa shape index (κ1) is 43.4. The Hall–Kier alpha value is -2.60. The van der Waals surface area contributed by atoms with Crippen molar-refractivity contribution in [3.05, 3.63) is 0 Å². The second-order valence-corrected chi connectivity index (χ2v) is 11.5. The van der Waals surface area contributed by atoms with Gasteiger partial charge in [0, 0.05) is 19.5 Å². The van der Waals surface area contributed by atoms with E-state index in [0.29, 0.717) is 52.7 Å². The van der Waals surface area contributed by atoms with Gasteiger partial charge in [-0.1, -0.05) is 13.8 Å². The maximum Gasteiger partial charge on any atom is 0.312 e. The summed E-state index contributed by atoms with van der Waals surface area (Å²) in [6.45, 7) is 8.98. The molecular weight excluding hydrogens is 600 g/mol. The second-order valence-electron chi connectivity index (χ2n) is 11.5. The molecule has 46 heavy (non-hydrogen) atoms. The summed E-state index contributed by atoms with van der Waals surface area (Å²) in [6.07, 6.45) is 4.37. The summed E-state index contributed by atoms with van der Waals surface area (Å²) in [7, 11) is 6.15. The first-order chi connectivity index (χ1) is 22.0. The van der Waals surface area contributed by atoms with Crippen molar-refractivity contribution in [2.45, 2.75) is 70.6 Å². The first-order valence-electron chi connectivity index (χ1n) is 16.3. The van der Waals surface area contributed by atoms with Gasteiger partial charge in [-0.3, -0.25) is 19.7 Å². The average Bonchev–Trinajstić information content (AvgIpc) is 2.99. The Bertz CT molecular complexity index is 822. The van der Waals surface area contributed by atoms with Crippen molar-refractivity contribution in [2.24, 2.45) is 17.4 Å². The van der Waals surface area contributed by atoms with Crippen LogP contribution in [0.5, 0.6) is 0 Å². The van der Waals surface area contributed by atoms with E-state index in [2.05, 4.69) is 45.6 Å². The number of carbonyl (C=O) groups excluding carboxylic acids is 4. The average molecular weight is 663 g/mol. The molecule has 0 spiro atoms. The predicted octanol–water partition coefficient (Wildman–Crippen LogP) is -1.13. The molecule has 0 rings (SSSR count).